The van der Waals surface area contributed by atoms with Gasteiger partial charge in [-0.2, -0.15) is 0 Å². The summed E-state index contributed by atoms with van der Waals surface area (Å²) in [5.41, 5.74) is 0.514. The van der Waals surface area contributed by atoms with E-state index in [-0.39, 0.29) is 40.5 Å². The maximum Gasteiger partial charge on any atom is 0.251 e. The summed E-state index contributed by atoms with van der Waals surface area (Å²) in [4.78, 5) is 24.3. The summed E-state index contributed by atoms with van der Waals surface area (Å²) in [5, 5.41) is 14.8. The Hall–Kier alpha value is -3.11. The molecule has 0 saturated heterocycles. The molecule has 31 heavy (non-hydrogen) atoms. The van der Waals surface area contributed by atoms with Crippen molar-refractivity contribution in [3.8, 4) is 11.5 Å². The molecule has 2 aromatic carbocycles. The fourth-order valence-electron chi connectivity index (χ4n) is 2.75. The van der Waals surface area contributed by atoms with Crippen LogP contribution in [0.4, 0.5) is 0 Å². The molecule has 0 spiro atoms. The first kappa shape index (κ1) is 24.2. The monoisotopic (exact) mass is 449 g/mol. The van der Waals surface area contributed by atoms with Crippen LogP contribution in [-0.4, -0.2) is 51.6 Å². The largest absolute Gasteiger partial charge is 0.508 e. The molecule has 0 fully saturated rings. The van der Waals surface area contributed by atoms with E-state index in [4.69, 9.17) is 4.74 Å². The van der Waals surface area contributed by atoms with Crippen LogP contribution >= 0.6 is 0 Å². The Morgan fingerprint density at radius 2 is 1.61 bits per heavy atom. The van der Waals surface area contributed by atoms with Crippen molar-refractivity contribution >= 4 is 21.8 Å². The summed E-state index contributed by atoms with van der Waals surface area (Å²) in [5.74, 6) is -0.628. The van der Waals surface area contributed by atoms with Crippen LogP contribution in [-0.2, 0) is 10.0 Å². The lowest BCUT2D eigenvalue weighted by molar-refractivity contribution is 0.0951. The van der Waals surface area contributed by atoms with Gasteiger partial charge in [0, 0.05) is 30.3 Å². The fourth-order valence-corrected chi connectivity index (χ4v) is 4.19. The second kappa shape index (κ2) is 10.8. The van der Waals surface area contributed by atoms with Crippen LogP contribution < -0.4 is 20.1 Å². The van der Waals surface area contributed by atoms with Gasteiger partial charge in [-0.15, -0.1) is 0 Å². The van der Waals surface area contributed by atoms with Gasteiger partial charge < -0.3 is 20.5 Å². The molecule has 4 N–H and O–H groups in total. The molecular formula is C21H27N3O6S. The Labute approximate surface area is 181 Å². The van der Waals surface area contributed by atoms with Crippen molar-refractivity contribution in [2.45, 2.75) is 31.2 Å². The van der Waals surface area contributed by atoms with Crippen LogP contribution in [0.3, 0.4) is 0 Å². The third-order valence-corrected chi connectivity index (χ3v) is 5.82. The van der Waals surface area contributed by atoms with E-state index in [0.29, 0.717) is 18.5 Å². The number of rotatable bonds is 10. The highest BCUT2D eigenvalue weighted by atomic mass is 32.2. The number of benzene rings is 2. The molecule has 168 valence electrons. The van der Waals surface area contributed by atoms with Crippen molar-refractivity contribution in [3.05, 3.63) is 53.6 Å². The molecule has 10 heteroatoms. The fraction of sp³-hybridized carbons (Fsp3) is 0.333. The van der Waals surface area contributed by atoms with E-state index >= 15 is 0 Å². The molecule has 0 radical (unpaired) electrons. The Kier molecular flexibility index (Phi) is 8.40. The van der Waals surface area contributed by atoms with Gasteiger partial charge in [-0.25, -0.2) is 13.1 Å². The number of amides is 2. The van der Waals surface area contributed by atoms with Gasteiger partial charge in [0.2, 0.25) is 10.0 Å². The number of carbonyl (C=O) groups is 2. The maximum absolute atomic E-state index is 12.5. The van der Waals surface area contributed by atoms with Crippen LogP contribution in [0, 0.1) is 0 Å². The Morgan fingerprint density at radius 1 is 1.00 bits per heavy atom. The van der Waals surface area contributed by atoms with Gasteiger partial charge in [0.05, 0.1) is 7.11 Å². The topological polar surface area (TPSA) is 134 Å². The zero-order chi connectivity index (χ0) is 23.0. The van der Waals surface area contributed by atoms with Gasteiger partial charge in [-0.05, 0) is 56.7 Å². The number of methoxy groups -OCH3 is 1. The van der Waals surface area contributed by atoms with Crippen molar-refractivity contribution in [1.82, 2.24) is 15.4 Å². The third kappa shape index (κ3) is 6.97. The van der Waals surface area contributed by atoms with Gasteiger partial charge in [0.1, 0.15) is 16.4 Å². The Morgan fingerprint density at radius 3 is 2.16 bits per heavy atom. The molecule has 0 saturated carbocycles. The summed E-state index contributed by atoms with van der Waals surface area (Å²) in [7, 11) is -2.49. The Bertz CT molecular complexity index is 1040. The average Bonchev–Trinajstić information content (AvgIpc) is 2.71. The molecule has 2 rings (SSSR count). The van der Waals surface area contributed by atoms with E-state index in [1.807, 2.05) is 0 Å². The van der Waals surface area contributed by atoms with Crippen LogP contribution in [0.15, 0.2) is 47.4 Å². The highest BCUT2D eigenvalue weighted by Crippen LogP contribution is 2.25. The van der Waals surface area contributed by atoms with Gasteiger partial charge in [-0.3, -0.25) is 9.59 Å². The van der Waals surface area contributed by atoms with E-state index < -0.39 is 15.9 Å². The highest BCUT2D eigenvalue weighted by Gasteiger charge is 2.22. The van der Waals surface area contributed by atoms with E-state index in [2.05, 4.69) is 15.4 Å². The summed E-state index contributed by atoms with van der Waals surface area (Å²) < 4.78 is 32.6. The van der Waals surface area contributed by atoms with Crippen molar-refractivity contribution in [1.29, 1.82) is 0 Å². The quantitative estimate of drug-likeness (QED) is 0.408. The predicted octanol–water partition coefficient (Wildman–Crippen LogP) is 1.64. The number of sulfonamides is 1. The van der Waals surface area contributed by atoms with Gasteiger partial charge >= 0.3 is 0 Å². The number of phenols is 1. The number of aromatic hydroxyl groups is 1. The number of nitrogens with one attached hydrogen (secondary N) is 3. The summed E-state index contributed by atoms with van der Waals surface area (Å²) in [6.07, 6.45) is 0.465. The third-order valence-electron chi connectivity index (χ3n) is 4.14. The lowest BCUT2D eigenvalue weighted by atomic mass is 10.2. The molecule has 0 aromatic heterocycles. The molecule has 0 bridgehead atoms. The lowest BCUT2D eigenvalue weighted by Gasteiger charge is -2.14. The maximum atomic E-state index is 12.5. The first-order valence-electron chi connectivity index (χ1n) is 9.70. The SMILES string of the molecule is COc1ccc(C(=O)NCCCNC(=O)c2cccc(O)c2)cc1S(=O)(=O)NC(C)C. The molecular weight excluding hydrogens is 422 g/mol. The molecule has 0 aliphatic carbocycles. The zero-order valence-corrected chi connectivity index (χ0v) is 18.5. The summed E-state index contributed by atoms with van der Waals surface area (Å²) in [6.45, 7) is 3.98. The van der Waals surface area contributed by atoms with Gasteiger partial charge in [-0.1, -0.05) is 6.07 Å². The minimum absolute atomic E-state index is 0.00406. The molecule has 0 atom stereocenters. The molecule has 9 nitrogen and oxygen atoms in total. The molecule has 0 heterocycles. The first-order valence-corrected chi connectivity index (χ1v) is 11.2. The predicted molar refractivity (Wildman–Crippen MR) is 116 cm³/mol. The first-order chi connectivity index (χ1) is 14.6. The van der Waals surface area contributed by atoms with E-state index in [1.165, 1.54) is 37.4 Å². The highest BCUT2D eigenvalue weighted by molar-refractivity contribution is 7.89. The van der Waals surface area contributed by atoms with E-state index in [1.54, 1.807) is 26.0 Å². The standard InChI is InChI=1S/C21H27N3O6S/c1-14(2)24-31(28,29)19-13-16(8-9-18(19)30-3)21(27)23-11-5-10-22-20(26)15-6-4-7-17(25)12-15/h4,6-9,12-14,24-25H,5,10-11H2,1-3H3,(H,22,26)(H,23,27). The van der Waals surface area contributed by atoms with Crippen molar-refractivity contribution in [3.63, 3.8) is 0 Å². The lowest BCUT2D eigenvalue weighted by Crippen LogP contribution is -2.31. The summed E-state index contributed by atoms with van der Waals surface area (Å²) >= 11 is 0. The molecule has 2 amide bonds. The van der Waals surface area contributed by atoms with E-state index in [0.717, 1.165) is 0 Å². The van der Waals surface area contributed by atoms with Crippen LogP contribution in [0.1, 0.15) is 41.0 Å². The normalized spacial score (nSPS) is 11.2. The Balaban J connectivity index is 1.92. The number of carbonyl (C=O) groups excluding carboxylic acids is 2. The van der Waals surface area contributed by atoms with Crippen LogP contribution in [0.25, 0.3) is 0 Å². The second-order valence-corrected chi connectivity index (χ2v) is 8.74. The number of hydrogen-bond donors (Lipinski definition) is 4. The molecule has 0 aliphatic heterocycles. The zero-order valence-electron chi connectivity index (χ0n) is 17.6. The second-order valence-electron chi connectivity index (χ2n) is 7.06. The van der Waals surface area contributed by atoms with Gasteiger partial charge in [0.15, 0.2) is 0 Å². The molecule has 2 aromatic rings. The van der Waals surface area contributed by atoms with Crippen LogP contribution in [0.2, 0.25) is 0 Å². The van der Waals surface area contributed by atoms with Crippen molar-refractivity contribution in [2.24, 2.45) is 0 Å². The molecule has 0 aliphatic rings. The minimum atomic E-state index is -3.85. The van der Waals surface area contributed by atoms with Crippen LogP contribution in [0.5, 0.6) is 11.5 Å². The summed E-state index contributed by atoms with van der Waals surface area (Å²) in [6, 6.07) is 9.85. The van der Waals surface area contributed by atoms with E-state index in [9.17, 15) is 23.1 Å². The molecule has 0 unspecified atom stereocenters. The van der Waals surface area contributed by atoms with Gasteiger partial charge in [0.25, 0.3) is 11.8 Å². The average molecular weight is 450 g/mol. The van der Waals surface area contributed by atoms with Crippen molar-refractivity contribution in [2.75, 3.05) is 20.2 Å². The van der Waals surface area contributed by atoms with Crippen molar-refractivity contribution < 1.29 is 27.9 Å². The minimum Gasteiger partial charge on any atom is -0.508 e. The smallest absolute Gasteiger partial charge is 0.251 e. The number of hydrogen-bond acceptors (Lipinski definition) is 6. The number of ether oxygens (including phenoxy) is 1. The number of phenolic OH excluding ortho intramolecular Hbond substituents is 1.